The van der Waals surface area contributed by atoms with Gasteiger partial charge in [-0.3, -0.25) is 4.79 Å². The van der Waals surface area contributed by atoms with Gasteiger partial charge in [0.05, 0.1) is 17.8 Å². The Kier molecular flexibility index (Phi) is 6.43. The molecule has 0 unspecified atom stereocenters. The molecule has 3 rings (SSSR count). The molecule has 2 aromatic carbocycles. The van der Waals surface area contributed by atoms with Crippen LogP contribution in [-0.4, -0.2) is 59.6 Å². The number of aromatic nitrogens is 4. The lowest BCUT2D eigenvalue weighted by Crippen LogP contribution is -2.30. The van der Waals surface area contributed by atoms with Crippen LogP contribution < -0.4 is 15.7 Å². The van der Waals surface area contributed by atoms with Gasteiger partial charge in [0.1, 0.15) is 17.2 Å². The van der Waals surface area contributed by atoms with Gasteiger partial charge in [-0.05, 0) is 40.8 Å². The van der Waals surface area contributed by atoms with Crippen molar-refractivity contribution in [2.24, 2.45) is 0 Å². The van der Waals surface area contributed by atoms with Gasteiger partial charge in [-0.15, -0.1) is 0 Å². The van der Waals surface area contributed by atoms with Crippen LogP contribution in [0.1, 0.15) is 0 Å². The van der Waals surface area contributed by atoms with Crippen molar-refractivity contribution < 1.29 is 17.9 Å². The third-order valence-electron chi connectivity index (χ3n) is 4.22. The summed E-state index contributed by atoms with van der Waals surface area (Å²) >= 11 is 6.07. The molecule has 0 radical (unpaired) electrons. The molecule has 0 atom stereocenters. The predicted molar refractivity (Wildman–Crippen MR) is 113 cm³/mol. The highest BCUT2D eigenvalue weighted by atomic mass is 35.5. The number of hydrogen-bond donors (Lipinski definition) is 1. The van der Waals surface area contributed by atoms with Crippen LogP contribution in [0.2, 0.25) is 5.02 Å². The number of sulfonamides is 1. The zero-order chi connectivity index (χ0) is 22.8. The second-order valence-corrected chi connectivity index (χ2v) is 9.01. The Morgan fingerprint density at radius 1 is 1.19 bits per heavy atom. The number of para-hydroxylation sites is 1. The number of carbonyl (C=O) groups excluding carboxylic acids is 1. The molecule has 0 bridgehead atoms. The number of tetrazole rings is 1. The van der Waals surface area contributed by atoms with E-state index in [2.05, 4.69) is 15.7 Å². The van der Waals surface area contributed by atoms with Crippen LogP contribution in [-0.2, 0) is 21.4 Å². The van der Waals surface area contributed by atoms with Crippen molar-refractivity contribution in [3.05, 3.63) is 58.0 Å². The smallest absolute Gasteiger partial charge is 0.369 e. The van der Waals surface area contributed by atoms with Crippen molar-refractivity contribution in [2.45, 2.75) is 11.4 Å². The number of halogens is 1. The molecule has 0 aliphatic rings. The molecule has 1 heterocycles. The van der Waals surface area contributed by atoms with Crippen molar-refractivity contribution in [3.63, 3.8) is 0 Å². The number of nitrogens with zero attached hydrogens (tertiary/aromatic N) is 5. The fraction of sp³-hybridized carbons (Fsp3) is 0.222. The number of hydrogen-bond acceptors (Lipinski definition) is 7. The molecule has 0 saturated carbocycles. The third kappa shape index (κ3) is 4.60. The number of nitrogens with one attached hydrogen (secondary N) is 1. The number of amides is 1. The fourth-order valence-corrected chi connectivity index (χ4v) is 3.93. The van der Waals surface area contributed by atoms with E-state index in [0.717, 1.165) is 13.7 Å². The van der Waals surface area contributed by atoms with E-state index in [-0.39, 0.29) is 16.3 Å². The van der Waals surface area contributed by atoms with Crippen LogP contribution in [0.25, 0.3) is 5.69 Å². The lowest BCUT2D eigenvalue weighted by Gasteiger charge is -2.15. The summed E-state index contributed by atoms with van der Waals surface area (Å²) in [6.45, 7) is -0.439. The van der Waals surface area contributed by atoms with E-state index in [9.17, 15) is 18.0 Å². The van der Waals surface area contributed by atoms with Gasteiger partial charge in [0, 0.05) is 19.8 Å². The SMILES string of the molecule is COc1ccc(NC(=O)Cn2nnn(-c3ccccc3Cl)c2=O)cc1S(=O)(=O)N(C)C. The van der Waals surface area contributed by atoms with Crippen molar-refractivity contribution >= 4 is 33.2 Å². The van der Waals surface area contributed by atoms with E-state index in [4.69, 9.17) is 16.3 Å². The number of ether oxygens (including phenoxy) is 1. The van der Waals surface area contributed by atoms with Crippen molar-refractivity contribution in [3.8, 4) is 11.4 Å². The molecule has 0 aliphatic carbocycles. The van der Waals surface area contributed by atoms with Crippen molar-refractivity contribution in [1.82, 2.24) is 24.1 Å². The monoisotopic (exact) mass is 466 g/mol. The van der Waals surface area contributed by atoms with Crippen LogP contribution >= 0.6 is 11.6 Å². The first kappa shape index (κ1) is 22.5. The highest BCUT2D eigenvalue weighted by Gasteiger charge is 2.23. The highest BCUT2D eigenvalue weighted by Crippen LogP contribution is 2.28. The van der Waals surface area contributed by atoms with Gasteiger partial charge in [0.25, 0.3) is 0 Å². The number of rotatable bonds is 7. The molecule has 31 heavy (non-hydrogen) atoms. The van der Waals surface area contributed by atoms with Gasteiger partial charge in [-0.25, -0.2) is 17.5 Å². The highest BCUT2D eigenvalue weighted by molar-refractivity contribution is 7.89. The first-order valence-electron chi connectivity index (χ1n) is 8.83. The number of carbonyl (C=O) groups is 1. The van der Waals surface area contributed by atoms with E-state index in [0.29, 0.717) is 10.7 Å². The number of methoxy groups -OCH3 is 1. The summed E-state index contributed by atoms with van der Waals surface area (Å²) in [5.41, 5.74) is -0.124. The summed E-state index contributed by atoms with van der Waals surface area (Å²) in [5.74, 6) is -0.475. The molecular formula is C18H19ClN6O5S. The lowest BCUT2D eigenvalue weighted by atomic mass is 10.3. The Morgan fingerprint density at radius 2 is 1.90 bits per heavy atom. The van der Waals surface area contributed by atoms with E-state index in [1.807, 2.05) is 0 Å². The normalized spacial score (nSPS) is 11.5. The van der Waals surface area contributed by atoms with Crippen LogP contribution in [0, 0.1) is 0 Å². The summed E-state index contributed by atoms with van der Waals surface area (Å²) in [4.78, 5) is 24.8. The van der Waals surface area contributed by atoms with Crippen LogP contribution in [0.5, 0.6) is 5.75 Å². The van der Waals surface area contributed by atoms with Crippen LogP contribution in [0.15, 0.2) is 52.2 Å². The zero-order valence-electron chi connectivity index (χ0n) is 16.8. The average molecular weight is 467 g/mol. The molecule has 3 aromatic rings. The first-order chi connectivity index (χ1) is 14.6. The molecule has 13 heteroatoms. The second kappa shape index (κ2) is 8.88. The molecular weight excluding hydrogens is 448 g/mol. The maximum absolute atomic E-state index is 12.5. The largest absolute Gasteiger partial charge is 0.495 e. The molecule has 164 valence electrons. The van der Waals surface area contributed by atoms with E-state index < -0.39 is 28.2 Å². The van der Waals surface area contributed by atoms with Gasteiger partial charge in [-0.1, -0.05) is 23.7 Å². The minimum atomic E-state index is -3.81. The third-order valence-corrected chi connectivity index (χ3v) is 6.38. The molecule has 1 aromatic heterocycles. The molecule has 0 aliphatic heterocycles. The van der Waals surface area contributed by atoms with E-state index in [1.165, 1.54) is 39.4 Å². The summed E-state index contributed by atoms with van der Waals surface area (Å²) < 4.78 is 33.0. The summed E-state index contributed by atoms with van der Waals surface area (Å²) in [6.07, 6.45) is 0. The standard InChI is InChI=1S/C18H19ClN6O5S/c1-23(2)31(28,29)16-10-12(8-9-15(16)30-3)20-17(26)11-24-18(27)25(22-21-24)14-7-5-4-6-13(14)19/h4-10H,11H2,1-3H3,(H,20,26). The lowest BCUT2D eigenvalue weighted by molar-refractivity contribution is -0.117. The molecule has 0 fully saturated rings. The number of benzene rings is 2. The summed E-state index contributed by atoms with van der Waals surface area (Å²) in [6, 6.07) is 10.7. The molecule has 1 amide bonds. The minimum Gasteiger partial charge on any atom is -0.495 e. The Morgan fingerprint density at radius 3 is 2.55 bits per heavy atom. The zero-order valence-corrected chi connectivity index (χ0v) is 18.4. The van der Waals surface area contributed by atoms with Crippen LogP contribution in [0.4, 0.5) is 5.69 Å². The van der Waals surface area contributed by atoms with E-state index in [1.54, 1.807) is 24.3 Å². The molecule has 0 saturated heterocycles. The first-order valence-corrected chi connectivity index (χ1v) is 10.6. The molecule has 1 N–H and O–H groups in total. The second-order valence-electron chi connectivity index (χ2n) is 6.48. The van der Waals surface area contributed by atoms with Crippen molar-refractivity contribution in [2.75, 3.05) is 26.5 Å². The van der Waals surface area contributed by atoms with Gasteiger partial charge in [0.2, 0.25) is 15.9 Å². The van der Waals surface area contributed by atoms with Gasteiger partial charge in [0.15, 0.2) is 0 Å². The quantitative estimate of drug-likeness (QED) is 0.549. The maximum atomic E-state index is 12.5. The van der Waals surface area contributed by atoms with Gasteiger partial charge in [-0.2, -0.15) is 9.36 Å². The van der Waals surface area contributed by atoms with Crippen molar-refractivity contribution in [1.29, 1.82) is 0 Å². The predicted octanol–water partition coefficient (Wildman–Crippen LogP) is 0.980. The van der Waals surface area contributed by atoms with Gasteiger partial charge < -0.3 is 10.1 Å². The Bertz CT molecular complexity index is 1280. The fourth-order valence-electron chi connectivity index (χ4n) is 2.64. The van der Waals surface area contributed by atoms with E-state index >= 15 is 0 Å². The topological polar surface area (TPSA) is 128 Å². The Hall–Kier alpha value is -3.22. The Balaban J connectivity index is 1.83. The minimum absolute atomic E-state index is 0.111. The summed E-state index contributed by atoms with van der Waals surface area (Å²) in [5, 5.41) is 10.3. The Labute approximate surface area is 182 Å². The van der Waals surface area contributed by atoms with Gasteiger partial charge >= 0.3 is 5.69 Å². The average Bonchev–Trinajstić information content (AvgIpc) is 3.08. The summed E-state index contributed by atoms with van der Waals surface area (Å²) in [7, 11) is 0.300. The maximum Gasteiger partial charge on any atom is 0.369 e. The van der Waals surface area contributed by atoms with Crippen LogP contribution in [0.3, 0.4) is 0 Å². The number of anilines is 1. The molecule has 0 spiro atoms. The molecule has 11 nitrogen and oxygen atoms in total.